The highest BCUT2D eigenvalue weighted by Gasteiger charge is 2.16. The van der Waals surface area contributed by atoms with Crippen molar-refractivity contribution in [2.75, 3.05) is 13.1 Å². The zero-order valence-corrected chi connectivity index (χ0v) is 17.9. The Kier molecular flexibility index (Phi) is 8.84. The van der Waals surface area contributed by atoms with Gasteiger partial charge in [-0.1, -0.05) is 66.7 Å². The second-order valence-electron chi connectivity index (χ2n) is 7.14. The molecule has 0 aliphatic carbocycles. The van der Waals surface area contributed by atoms with Gasteiger partial charge < -0.3 is 16.0 Å². The molecule has 3 rings (SSSR count). The Hall–Kier alpha value is -2.89. The SMILES string of the molecule is CC(=O)N(CCC(=O)NC(CN)c1ccc2ccccc2c1)Cc1ccccc1.Cl. The van der Waals surface area contributed by atoms with E-state index >= 15 is 0 Å². The third-order valence-corrected chi connectivity index (χ3v) is 5.02. The number of carbonyl (C=O) groups excluding carboxylic acids is 2. The summed E-state index contributed by atoms with van der Waals surface area (Å²) in [5.74, 6) is -0.167. The Morgan fingerprint density at radius 3 is 2.30 bits per heavy atom. The first kappa shape index (κ1) is 23.4. The molecule has 5 nitrogen and oxygen atoms in total. The second-order valence-corrected chi connectivity index (χ2v) is 7.14. The fourth-order valence-corrected chi connectivity index (χ4v) is 3.36. The molecular weight excluding hydrogens is 398 g/mol. The first-order chi connectivity index (χ1) is 14.1. The van der Waals surface area contributed by atoms with Gasteiger partial charge in [0.1, 0.15) is 0 Å². The number of rotatable bonds is 8. The summed E-state index contributed by atoms with van der Waals surface area (Å²) in [4.78, 5) is 26.2. The van der Waals surface area contributed by atoms with Crippen LogP contribution in [0.25, 0.3) is 10.8 Å². The number of fused-ring (bicyclic) bond motifs is 1. The fraction of sp³-hybridized carbons (Fsp3) is 0.250. The summed E-state index contributed by atoms with van der Waals surface area (Å²) in [6.07, 6.45) is 0.233. The highest BCUT2D eigenvalue weighted by molar-refractivity contribution is 5.85. The van der Waals surface area contributed by atoms with Crippen molar-refractivity contribution >= 4 is 35.0 Å². The van der Waals surface area contributed by atoms with E-state index in [-0.39, 0.29) is 36.7 Å². The van der Waals surface area contributed by atoms with E-state index in [0.29, 0.717) is 19.6 Å². The Bertz CT molecular complexity index is 978. The van der Waals surface area contributed by atoms with Crippen LogP contribution in [0.4, 0.5) is 0 Å². The van der Waals surface area contributed by atoms with Gasteiger partial charge in [-0.05, 0) is 28.0 Å². The summed E-state index contributed by atoms with van der Waals surface area (Å²) in [6.45, 7) is 2.70. The van der Waals surface area contributed by atoms with Crippen LogP contribution in [-0.2, 0) is 16.1 Å². The first-order valence-corrected chi connectivity index (χ1v) is 9.84. The summed E-state index contributed by atoms with van der Waals surface area (Å²) >= 11 is 0. The lowest BCUT2D eigenvalue weighted by atomic mass is 10.0. The molecule has 3 aromatic carbocycles. The molecule has 0 bridgehead atoms. The van der Waals surface area contributed by atoms with Gasteiger partial charge in [0.25, 0.3) is 0 Å². The topological polar surface area (TPSA) is 75.4 Å². The minimum Gasteiger partial charge on any atom is -0.348 e. The van der Waals surface area contributed by atoms with Crippen LogP contribution in [0.3, 0.4) is 0 Å². The molecule has 30 heavy (non-hydrogen) atoms. The van der Waals surface area contributed by atoms with E-state index < -0.39 is 0 Å². The van der Waals surface area contributed by atoms with Crippen molar-refractivity contribution in [2.45, 2.75) is 25.9 Å². The van der Waals surface area contributed by atoms with Gasteiger partial charge in [0.05, 0.1) is 6.04 Å². The van der Waals surface area contributed by atoms with Crippen LogP contribution >= 0.6 is 12.4 Å². The zero-order valence-electron chi connectivity index (χ0n) is 17.1. The normalized spacial score (nSPS) is 11.4. The molecule has 0 aliphatic heterocycles. The van der Waals surface area contributed by atoms with Crippen LogP contribution in [0.1, 0.15) is 30.5 Å². The fourth-order valence-electron chi connectivity index (χ4n) is 3.36. The molecule has 6 heteroatoms. The van der Waals surface area contributed by atoms with E-state index in [1.807, 2.05) is 60.7 Å². The number of amides is 2. The Balaban J connectivity index is 0.00000320. The number of hydrogen-bond donors (Lipinski definition) is 2. The minimum atomic E-state index is -0.257. The molecule has 3 N–H and O–H groups in total. The lowest BCUT2D eigenvalue weighted by Gasteiger charge is -2.22. The van der Waals surface area contributed by atoms with Crippen LogP contribution in [0, 0.1) is 0 Å². The van der Waals surface area contributed by atoms with Crippen molar-refractivity contribution in [1.29, 1.82) is 0 Å². The molecular formula is C24H28ClN3O2. The third kappa shape index (κ3) is 6.31. The first-order valence-electron chi connectivity index (χ1n) is 9.84. The van der Waals surface area contributed by atoms with Gasteiger partial charge >= 0.3 is 0 Å². The summed E-state index contributed by atoms with van der Waals surface area (Å²) < 4.78 is 0. The van der Waals surface area contributed by atoms with Crippen LogP contribution in [0.15, 0.2) is 72.8 Å². The quantitative estimate of drug-likeness (QED) is 0.576. The number of benzene rings is 3. The highest BCUT2D eigenvalue weighted by atomic mass is 35.5. The number of halogens is 1. The maximum absolute atomic E-state index is 12.5. The Morgan fingerprint density at radius 1 is 0.967 bits per heavy atom. The molecule has 0 aliphatic rings. The molecule has 3 aromatic rings. The third-order valence-electron chi connectivity index (χ3n) is 5.02. The molecule has 0 saturated heterocycles. The predicted octanol–water partition coefficient (Wildman–Crippen LogP) is 3.82. The van der Waals surface area contributed by atoms with Crippen molar-refractivity contribution in [1.82, 2.24) is 10.2 Å². The van der Waals surface area contributed by atoms with Crippen molar-refractivity contribution in [3.63, 3.8) is 0 Å². The summed E-state index contributed by atoms with van der Waals surface area (Å²) in [5, 5.41) is 5.27. The van der Waals surface area contributed by atoms with Crippen LogP contribution < -0.4 is 11.1 Å². The summed E-state index contributed by atoms with van der Waals surface area (Å²) in [5.41, 5.74) is 7.94. The van der Waals surface area contributed by atoms with E-state index in [1.54, 1.807) is 4.90 Å². The van der Waals surface area contributed by atoms with Crippen LogP contribution in [0.5, 0.6) is 0 Å². The zero-order chi connectivity index (χ0) is 20.6. The van der Waals surface area contributed by atoms with Gasteiger partial charge in [0.15, 0.2) is 0 Å². The summed E-state index contributed by atoms with van der Waals surface area (Å²) in [7, 11) is 0. The van der Waals surface area contributed by atoms with E-state index in [9.17, 15) is 9.59 Å². The lowest BCUT2D eigenvalue weighted by molar-refractivity contribution is -0.130. The van der Waals surface area contributed by atoms with E-state index in [0.717, 1.165) is 21.9 Å². The number of nitrogens with two attached hydrogens (primary N) is 1. The molecule has 0 aromatic heterocycles. The molecule has 0 saturated carbocycles. The van der Waals surface area contributed by atoms with Gasteiger partial charge in [-0.25, -0.2) is 0 Å². The second kappa shape index (κ2) is 11.3. The van der Waals surface area contributed by atoms with Gasteiger partial charge in [-0.3, -0.25) is 9.59 Å². The van der Waals surface area contributed by atoms with Gasteiger partial charge in [-0.2, -0.15) is 0 Å². The van der Waals surface area contributed by atoms with Crippen molar-refractivity contribution in [3.8, 4) is 0 Å². The largest absolute Gasteiger partial charge is 0.348 e. The van der Waals surface area contributed by atoms with Crippen molar-refractivity contribution < 1.29 is 9.59 Å². The van der Waals surface area contributed by atoms with E-state index in [2.05, 4.69) is 17.4 Å². The van der Waals surface area contributed by atoms with Gasteiger partial charge in [-0.15, -0.1) is 12.4 Å². The average molecular weight is 426 g/mol. The van der Waals surface area contributed by atoms with Crippen molar-refractivity contribution in [2.24, 2.45) is 5.73 Å². The molecule has 1 atom stereocenters. The molecule has 0 heterocycles. The molecule has 158 valence electrons. The van der Waals surface area contributed by atoms with Crippen LogP contribution in [0.2, 0.25) is 0 Å². The number of hydrogen-bond acceptors (Lipinski definition) is 3. The molecule has 0 fully saturated rings. The van der Waals surface area contributed by atoms with Crippen molar-refractivity contribution in [3.05, 3.63) is 83.9 Å². The number of carbonyl (C=O) groups is 2. The van der Waals surface area contributed by atoms with E-state index in [1.165, 1.54) is 6.92 Å². The monoisotopic (exact) mass is 425 g/mol. The minimum absolute atomic E-state index is 0. The number of nitrogens with zero attached hydrogens (tertiary/aromatic N) is 1. The molecule has 2 amide bonds. The van der Waals surface area contributed by atoms with Crippen LogP contribution in [-0.4, -0.2) is 29.8 Å². The Labute approximate surface area is 183 Å². The Morgan fingerprint density at radius 2 is 1.63 bits per heavy atom. The average Bonchev–Trinajstić information content (AvgIpc) is 2.75. The number of nitrogens with one attached hydrogen (secondary N) is 1. The van der Waals surface area contributed by atoms with Gasteiger partial charge in [0.2, 0.25) is 11.8 Å². The van der Waals surface area contributed by atoms with E-state index in [4.69, 9.17) is 5.73 Å². The standard InChI is InChI=1S/C24H27N3O2.ClH/c1-18(28)27(17-19-7-3-2-4-8-19)14-13-24(29)26-23(16-25)22-12-11-20-9-5-6-10-21(20)15-22;/h2-12,15,23H,13-14,16-17,25H2,1H3,(H,26,29);1H. The summed E-state index contributed by atoms with van der Waals surface area (Å²) in [6, 6.07) is 23.7. The highest BCUT2D eigenvalue weighted by Crippen LogP contribution is 2.20. The lowest BCUT2D eigenvalue weighted by Crippen LogP contribution is -2.37. The smallest absolute Gasteiger partial charge is 0.222 e. The van der Waals surface area contributed by atoms with Gasteiger partial charge in [0, 0.05) is 33.0 Å². The maximum atomic E-state index is 12.5. The predicted molar refractivity (Wildman–Crippen MR) is 123 cm³/mol. The molecule has 0 spiro atoms. The maximum Gasteiger partial charge on any atom is 0.222 e. The molecule has 0 radical (unpaired) electrons. The molecule has 1 unspecified atom stereocenters.